The van der Waals surface area contributed by atoms with Crippen LogP contribution < -0.4 is 4.72 Å². The molecule has 0 aliphatic rings. The molecule has 1 aromatic carbocycles. The smallest absolute Gasteiger partial charge is 0.321 e. The average Bonchev–Trinajstić information content (AvgIpc) is 2.43. The summed E-state index contributed by atoms with van der Waals surface area (Å²) in [6.07, 6.45) is 1.63. The molecule has 21 heavy (non-hydrogen) atoms. The number of nitriles is 1. The van der Waals surface area contributed by atoms with Gasteiger partial charge >= 0.3 is 5.97 Å². The molecule has 0 saturated heterocycles. The highest BCUT2D eigenvalue weighted by atomic mass is 32.2. The average molecular weight is 310 g/mol. The van der Waals surface area contributed by atoms with Crippen molar-refractivity contribution in [3.63, 3.8) is 0 Å². The van der Waals surface area contributed by atoms with Crippen LogP contribution in [0.4, 0.5) is 0 Å². The summed E-state index contributed by atoms with van der Waals surface area (Å²) in [6.45, 7) is 3.53. The summed E-state index contributed by atoms with van der Waals surface area (Å²) in [4.78, 5) is 11.1. The molecule has 0 spiro atoms. The Kier molecular flexibility index (Phi) is 5.88. The second kappa shape index (κ2) is 7.20. The fourth-order valence-corrected chi connectivity index (χ4v) is 3.13. The molecule has 0 aliphatic carbocycles. The molecule has 0 aromatic heterocycles. The molecule has 0 heterocycles. The van der Waals surface area contributed by atoms with E-state index in [1.165, 1.54) is 18.2 Å². The van der Waals surface area contributed by atoms with E-state index in [2.05, 4.69) is 4.72 Å². The number of carboxylic acids is 1. The topological polar surface area (TPSA) is 107 Å². The molecule has 1 unspecified atom stereocenters. The van der Waals surface area contributed by atoms with Crippen LogP contribution in [-0.4, -0.2) is 25.5 Å². The standard InChI is InChI=1S/C14H18N2O4S/c1-3-4-5-13(14(17)18)16-21(19,20)12-7-6-11(9-15)10(2)8-12/h6-8,13,16H,3-5H2,1-2H3,(H,17,18). The predicted molar refractivity (Wildman–Crippen MR) is 77.2 cm³/mol. The van der Waals surface area contributed by atoms with Gasteiger partial charge in [0.25, 0.3) is 0 Å². The zero-order valence-electron chi connectivity index (χ0n) is 12.0. The molecule has 0 fully saturated rings. The lowest BCUT2D eigenvalue weighted by Crippen LogP contribution is -2.40. The summed E-state index contributed by atoms with van der Waals surface area (Å²) in [5.74, 6) is -1.20. The molecule has 114 valence electrons. The minimum Gasteiger partial charge on any atom is -0.480 e. The van der Waals surface area contributed by atoms with Crippen LogP contribution in [0.15, 0.2) is 23.1 Å². The second-order valence-corrected chi connectivity index (χ2v) is 6.46. The maximum Gasteiger partial charge on any atom is 0.321 e. The number of nitrogens with zero attached hydrogens (tertiary/aromatic N) is 1. The van der Waals surface area contributed by atoms with E-state index in [-0.39, 0.29) is 11.3 Å². The van der Waals surface area contributed by atoms with Gasteiger partial charge in [-0.1, -0.05) is 19.8 Å². The number of carbonyl (C=O) groups is 1. The lowest BCUT2D eigenvalue weighted by Gasteiger charge is -2.14. The summed E-state index contributed by atoms with van der Waals surface area (Å²) in [6, 6.07) is 4.87. The van der Waals surface area contributed by atoms with Gasteiger partial charge in [0.15, 0.2) is 0 Å². The Morgan fingerprint density at radius 1 is 1.48 bits per heavy atom. The molecular weight excluding hydrogens is 292 g/mol. The van der Waals surface area contributed by atoms with Crippen LogP contribution in [0.2, 0.25) is 0 Å². The Hall–Kier alpha value is -1.91. The fraction of sp³-hybridized carbons (Fsp3) is 0.429. The molecule has 1 aromatic rings. The lowest BCUT2D eigenvalue weighted by molar-refractivity contribution is -0.139. The maximum absolute atomic E-state index is 12.2. The normalized spacial score (nSPS) is 12.6. The van der Waals surface area contributed by atoms with Crippen molar-refractivity contribution < 1.29 is 18.3 Å². The van der Waals surface area contributed by atoms with Crippen LogP contribution in [-0.2, 0) is 14.8 Å². The Labute approximate surface area is 124 Å². The lowest BCUT2D eigenvalue weighted by atomic mass is 10.1. The third kappa shape index (κ3) is 4.55. The van der Waals surface area contributed by atoms with Crippen LogP contribution in [0.5, 0.6) is 0 Å². The summed E-state index contributed by atoms with van der Waals surface area (Å²) in [7, 11) is -3.92. The highest BCUT2D eigenvalue weighted by Gasteiger charge is 2.25. The van der Waals surface area contributed by atoms with Gasteiger partial charge in [-0.25, -0.2) is 8.42 Å². The van der Waals surface area contributed by atoms with Gasteiger partial charge in [-0.2, -0.15) is 9.98 Å². The largest absolute Gasteiger partial charge is 0.480 e. The van der Waals surface area contributed by atoms with Crippen LogP contribution in [0.1, 0.15) is 37.3 Å². The van der Waals surface area contributed by atoms with Crippen molar-refractivity contribution in [2.24, 2.45) is 0 Å². The van der Waals surface area contributed by atoms with Gasteiger partial charge in [0.05, 0.1) is 16.5 Å². The van der Waals surface area contributed by atoms with Gasteiger partial charge < -0.3 is 5.11 Å². The molecular formula is C14H18N2O4S. The van der Waals surface area contributed by atoms with Gasteiger partial charge in [0.1, 0.15) is 6.04 Å². The molecule has 0 aliphatic heterocycles. The van der Waals surface area contributed by atoms with E-state index < -0.39 is 22.0 Å². The van der Waals surface area contributed by atoms with E-state index >= 15 is 0 Å². The number of hydrogen-bond acceptors (Lipinski definition) is 4. The number of hydrogen-bond donors (Lipinski definition) is 2. The first kappa shape index (κ1) is 17.1. The number of rotatable bonds is 7. The zero-order valence-corrected chi connectivity index (χ0v) is 12.8. The van der Waals surface area contributed by atoms with E-state index in [1.807, 2.05) is 13.0 Å². The number of carboxylic acid groups (broad SMARTS) is 1. The molecule has 1 atom stereocenters. The molecule has 1 rings (SSSR count). The van der Waals surface area contributed by atoms with Crippen LogP contribution in [0.25, 0.3) is 0 Å². The molecule has 2 N–H and O–H groups in total. The zero-order chi connectivity index (χ0) is 16.0. The van der Waals surface area contributed by atoms with Gasteiger partial charge in [0.2, 0.25) is 10.0 Å². The molecule has 0 amide bonds. The van der Waals surface area contributed by atoms with Crippen molar-refractivity contribution in [1.29, 1.82) is 5.26 Å². The van der Waals surface area contributed by atoms with Crippen molar-refractivity contribution in [3.8, 4) is 6.07 Å². The first-order valence-electron chi connectivity index (χ1n) is 6.57. The SMILES string of the molecule is CCCCC(NS(=O)(=O)c1ccc(C#N)c(C)c1)C(=O)O. The highest BCUT2D eigenvalue weighted by Crippen LogP contribution is 2.16. The minimum absolute atomic E-state index is 0.0400. The van der Waals surface area contributed by atoms with Gasteiger partial charge in [-0.15, -0.1) is 0 Å². The Bertz CT molecular complexity index is 662. The van der Waals surface area contributed by atoms with E-state index in [0.717, 1.165) is 6.42 Å². The summed E-state index contributed by atoms with van der Waals surface area (Å²) < 4.78 is 26.6. The Balaban J connectivity index is 3.02. The van der Waals surface area contributed by atoms with Crippen LogP contribution >= 0.6 is 0 Å². The summed E-state index contributed by atoms with van der Waals surface area (Å²) in [5.41, 5.74) is 0.913. The van der Waals surface area contributed by atoms with Crippen molar-refractivity contribution in [2.75, 3.05) is 0 Å². The van der Waals surface area contributed by atoms with Gasteiger partial charge in [-0.3, -0.25) is 4.79 Å². The van der Waals surface area contributed by atoms with Gasteiger partial charge in [0, 0.05) is 0 Å². The Morgan fingerprint density at radius 2 is 2.14 bits per heavy atom. The van der Waals surface area contributed by atoms with Crippen molar-refractivity contribution in [1.82, 2.24) is 4.72 Å². The summed E-state index contributed by atoms with van der Waals surface area (Å²) in [5, 5.41) is 17.9. The third-order valence-electron chi connectivity index (χ3n) is 3.07. The highest BCUT2D eigenvalue weighted by molar-refractivity contribution is 7.89. The van der Waals surface area contributed by atoms with E-state index in [4.69, 9.17) is 10.4 Å². The van der Waals surface area contributed by atoms with Crippen LogP contribution in [0.3, 0.4) is 0 Å². The third-order valence-corrected chi connectivity index (χ3v) is 4.54. The predicted octanol–water partition coefficient (Wildman–Crippen LogP) is 1.79. The fourth-order valence-electron chi connectivity index (χ4n) is 1.83. The van der Waals surface area contributed by atoms with Gasteiger partial charge in [-0.05, 0) is 37.1 Å². The molecule has 6 nitrogen and oxygen atoms in total. The quantitative estimate of drug-likeness (QED) is 0.798. The minimum atomic E-state index is -3.92. The first-order valence-corrected chi connectivity index (χ1v) is 8.06. The monoisotopic (exact) mass is 310 g/mol. The van der Waals surface area contributed by atoms with Crippen LogP contribution in [0, 0.1) is 18.3 Å². The first-order chi connectivity index (χ1) is 9.81. The number of nitrogens with one attached hydrogen (secondary N) is 1. The number of aliphatic carboxylic acids is 1. The summed E-state index contributed by atoms with van der Waals surface area (Å²) >= 11 is 0. The number of benzene rings is 1. The number of aryl methyl sites for hydroxylation is 1. The molecule has 0 radical (unpaired) electrons. The van der Waals surface area contributed by atoms with E-state index in [0.29, 0.717) is 17.5 Å². The molecule has 7 heteroatoms. The number of unbranched alkanes of at least 4 members (excludes halogenated alkanes) is 1. The van der Waals surface area contributed by atoms with E-state index in [9.17, 15) is 13.2 Å². The maximum atomic E-state index is 12.2. The second-order valence-electron chi connectivity index (χ2n) is 4.74. The molecule has 0 bridgehead atoms. The Morgan fingerprint density at radius 3 is 2.62 bits per heavy atom. The van der Waals surface area contributed by atoms with Crippen molar-refractivity contribution in [3.05, 3.63) is 29.3 Å². The van der Waals surface area contributed by atoms with E-state index in [1.54, 1.807) is 6.92 Å². The van der Waals surface area contributed by atoms with Crippen molar-refractivity contribution in [2.45, 2.75) is 44.0 Å². The number of sulfonamides is 1. The van der Waals surface area contributed by atoms with Crippen molar-refractivity contribution >= 4 is 16.0 Å². The molecule has 0 saturated carbocycles.